The second kappa shape index (κ2) is 11.5. The van der Waals surface area contributed by atoms with Crippen molar-refractivity contribution in [2.75, 3.05) is 17.2 Å². The molecule has 0 heterocycles. The fraction of sp³-hybridized carbons (Fsp3) is 0.571. The van der Waals surface area contributed by atoms with Gasteiger partial charge in [-0.25, -0.2) is 0 Å². The lowest BCUT2D eigenvalue weighted by Crippen LogP contribution is -2.54. The number of anilines is 1. The molecule has 1 aromatic rings. The molecule has 0 unspecified atom stereocenters. The molecule has 0 bridgehead atoms. The van der Waals surface area contributed by atoms with Crippen LogP contribution in [0.25, 0.3) is 0 Å². The van der Waals surface area contributed by atoms with Gasteiger partial charge in [-0.3, -0.25) is 25.2 Å². The Labute approximate surface area is 185 Å². The van der Waals surface area contributed by atoms with E-state index in [4.69, 9.17) is 0 Å². The van der Waals surface area contributed by atoms with Crippen LogP contribution >= 0.6 is 11.8 Å². The summed E-state index contributed by atoms with van der Waals surface area (Å²) in [4.78, 5) is 36.2. The third-order valence-electron chi connectivity index (χ3n) is 5.57. The molecule has 0 aliphatic carbocycles. The van der Waals surface area contributed by atoms with Gasteiger partial charge < -0.3 is 10.6 Å². The van der Waals surface area contributed by atoms with Crippen molar-refractivity contribution in [3.8, 4) is 0 Å². The summed E-state index contributed by atoms with van der Waals surface area (Å²) in [6.45, 7) is 15.0. The highest BCUT2D eigenvalue weighted by Gasteiger charge is 2.35. The van der Waals surface area contributed by atoms with E-state index in [1.165, 1.54) is 0 Å². The molecule has 0 saturated carbocycles. The van der Waals surface area contributed by atoms with Crippen molar-refractivity contribution in [1.29, 1.82) is 0 Å². The normalized spacial score (nSPS) is 12.8. The average Bonchev–Trinajstić information content (AvgIpc) is 2.68. The summed E-state index contributed by atoms with van der Waals surface area (Å²) in [5, 5.41) is 5.81. The quantitative estimate of drug-likeness (QED) is 0.356. The first-order valence-electron chi connectivity index (χ1n) is 10.2. The van der Waals surface area contributed by atoms with E-state index in [-0.39, 0.29) is 22.6 Å². The fourth-order valence-corrected chi connectivity index (χ4v) is 4.10. The third-order valence-corrected chi connectivity index (χ3v) is 11.5. The lowest BCUT2D eigenvalue weighted by molar-refractivity contribution is -0.123. The van der Waals surface area contributed by atoms with Gasteiger partial charge in [0.05, 0.1) is 19.9 Å². The first-order chi connectivity index (χ1) is 13.9. The second-order valence-electron chi connectivity index (χ2n) is 8.99. The summed E-state index contributed by atoms with van der Waals surface area (Å²) in [5.74, 6) is -0.630. The van der Waals surface area contributed by atoms with E-state index in [1.807, 2.05) is 31.2 Å². The highest BCUT2D eigenvalue weighted by Crippen LogP contribution is 2.35. The van der Waals surface area contributed by atoms with Crippen molar-refractivity contribution < 1.29 is 14.4 Å². The van der Waals surface area contributed by atoms with Crippen LogP contribution in [-0.4, -0.2) is 43.1 Å². The zero-order chi connectivity index (χ0) is 22.9. The minimum Gasteiger partial charge on any atom is -0.325 e. The van der Waals surface area contributed by atoms with E-state index < -0.39 is 19.4 Å². The smallest absolute Gasteiger partial charge is 0.298 e. The Balaban J connectivity index is 2.36. The van der Waals surface area contributed by atoms with Gasteiger partial charge in [-0.05, 0) is 36.2 Å². The molecule has 0 aromatic heterocycles. The van der Waals surface area contributed by atoms with Crippen LogP contribution < -0.4 is 21.5 Å². The maximum atomic E-state index is 12.2. The number of rotatable bonds is 8. The van der Waals surface area contributed by atoms with Gasteiger partial charge in [0.2, 0.25) is 5.91 Å². The number of nitrogens with one attached hydrogen (secondary N) is 4. The maximum absolute atomic E-state index is 12.2. The van der Waals surface area contributed by atoms with Crippen LogP contribution in [0.5, 0.6) is 0 Å². The van der Waals surface area contributed by atoms with E-state index in [0.29, 0.717) is 0 Å². The Morgan fingerprint density at radius 1 is 1.10 bits per heavy atom. The summed E-state index contributed by atoms with van der Waals surface area (Å²) in [5.41, 5.74) is 6.54. The summed E-state index contributed by atoms with van der Waals surface area (Å²) < 4.78 is 0. The van der Waals surface area contributed by atoms with E-state index in [0.717, 1.165) is 35.6 Å². The van der Waals surface area contributed by atoms with Gasteiger partial charge in [-0.2, -0.15) is 0 Å². The Morgan fingerprint density at radius 3 is 2.33 bits per heavy atom. The van der Waals surface area contributed by atoms with E-state index in [2.05, 4.69) is 55.4 Å². The van der Waals surface area contributed by atoms with E-state index >= 15 is 0 Å². The van der Waals surface area contributed by atoms with Crippen LogP contribution in [0.1, 0.15) is 40.2 Å². The third kappa shape index (κ3) is 8.49. The molecular formula is C21H36N4O3SSi. The second-order valence-corrected chi connectivity index (χ2v) is 15.6. The van der Waals surface area contributed by atoms with Gasteiger partial charge in [0.15, 0.2) is 0 Å². The summed E-state index contributed by atoms with van der Waals surface area (Å²) in [7, 11) is -1.55. The molecule has 1 atom stereocenters. The van der Waals surface area contributed by atoms with Gasteiger partial charge in [-0.15, -0.1) is 0 Å². The highest BCUT2D eigenvalue weighted by atomic mass is 32.2. The lowest BCUT2D eigenvalue weighted by Gasteiger charge is -2.37. The number of benzene rings is 1. The predicted octanol–water partition coefficient (Wildman–Crippen LogP) is 3.69. The number of thioether (sulfide) groups is 1. The minimum absolute atomic E-state index is 0.0427. The van der Waals surface area contributed by atoms with Crippen molar-refractivity contribution in [2.45, 2.75) is 65.2 Å². The molecule has 1 rings (SSSR count). The van der Waals surface area contributed by atoms with Gasteiger partial charge in [-0.1, -0.05) is 70.7 Å². The van der Waals surface area contributed by atoms with Crippen LogP contribution in [0.2, 0.25) is 18.1 Å². The van der Waals surface area contributed by atoms with Gasteiger partial charge in [0, 0.05) is 5.69 Å². The molecular weight excluding hydrogens is 416 g/mol. The monoisotopic (exact) mass is 452 g/mol. The number of hydrogen-bond donors (Lipinski definition) is 4. The van der Waals surface area contributed by atoms with Crippen LogP contribution in [0, 0.1) is 0 Å². The summed E-state index contributed by atoms with van der Waals surface area (Å²) in [6.07, 6.45) is 1.60. The van der Waals surface area contributed by atoms with Crippen molar-refractivity contribution in [2.24, 2.45) is 0 Å². The highest BCUT2D eigenvalue weighted by molar-refractivity contribution is 8.14. The molecule has 0 radical (unpaired) electrons. The van der Waals surface area contributed by atoms with Crippen LogP contribution in [0.3, 0.4) is 0 Å². The predicted molar refractivity (Wildman–Crippen MR) is 128 cm³/mol. The van der Waals surface area contributed by atoms with Gasteiger partial charge in [0.25, 0.3) is 11.1 Å². The van der Waals surface area contributed by atoms with Crippen LogP contribution in [-0.2, 0) is 16.0 Å². The molecule has 168 valence electrons. The van der Waals surface area contributed by atoms with Crippen LogP contribution in [0.4, 0.5) is 10.5 Å². The Morgan fingerprint density at radius 2 is 1.73 bits per heavy atom. The molecule has 4 N–H and O–H groups in total. The summed E-state index contributed by atoms with van der Waals surface area (Å²) in [6, 6.07) is 7.12. The maximum Gasteiger partial charge on any atom is 0.298 e. The van der Waals surface area contributed by atoms with Crippen LogP contribution in [0.15, 0.2) is 24.3 Å². The Hall–Kier alpha value is -1.84. The largest absolute Gasteiger partial charge is 0.325 e. The topological polar surface area (TPSA) is 99.3 Å². The molecule has 0 spiro atoms. The lowest BCUT2D eigenvalue weighted by atomic mass is 10.1. The SMILES string of the molecule is CCc1ccccc1NC(=O)CSC(=O)NNC(=O)[C@H](C)NC[Si](C)(C)C(C)(C)C. The number of hydrazine groups is 1. The van der Waals surface area contributed by atoms with Gasteiger partial charge >= 0.3 is 0 Å². The van der Waals surface area contributed by atoms with E-state index in [1.54, 1.807) is 6.92 Å². The number of para-hydroxylation sites is 1. The van der Waals surface area contributed by atoms with Crippen molar-refractivity contribution in [1.82, 2.24) is 16.2 Å². The molecule has 0 aliphatic heterocycles. The molecule has 9 heteroatoms. The summed E-state index contributed by atoms with van der Waals surface area (Å²) >= 11 is 0.802. The first-order valence-corrected chi connectivity index (χ1v) is 14.4. The fourth-order valence-electron chi connectivity index (χ4n) is 2.29. The molecule has 0 fully saturated rings. The minimum atomic E-state index is -1.55. The number of amides is 3. The van der Waals surface area contributed by atoms with Crippen molar-refractivity contribution in [3.63, 3.8) is 0 Å². The molecule has 0 aliphatic rings. The van der Waals surface area contributed by atoms with Crippen molar-refractivity contribution >= 4 is 42.6 Å². The number of hydrogen-bond acceptors (Lipinski definition) is 5. The Bertz CT molecular complexity index is 750. The van der Waals surface area contributed by atoms with Gasteiger partial charge in [0.1, 0.15) is 0 Å². The Kier molecular flexibility index (Phi) is 10.1. The number of carbonyl (C=O) groups is 3. The van der Waals surface area contributed by atoms with Crippen molar-refractivity contribution in [3.05, 3.63) is 29.8 Å². The molecule has 0 saturated heterocycles. The number of aryl methyl sites for hydroxylation is 1. The standard InChI is InChI=1S/C21H36N4O3SSi/c1-8-16-11-9-10-12-17(16)23-18(26)13-29-20(28)25-24-19(27)15(2)22-14-30(6,7)21(3,4)5/h9-12,15,22H,8,13-14H2,1-7H3,(H,23,26)(H,24,27)(H,25,28)/t15-/m0/s1. The molecule has 3 amide bonds. The molecule has 1 aromatic carbocycles. The molecule has 7 nitrogen and oxygen atoms in total. The zero-order valence-electron chi connectivity index (χ0n) is 19.1. The average molecular weight is 453 g/mol. The molecule has 30 heavy (non-hydrogen) atoms. The first kappa shape index (κ1) is 26.2. The number of carbonyl (C=O) groups excluding carboxylic acids is 3. The zero-order valence-corrected chi connectivity index (χ0v) is 21.0. The van der Waals surface area contributed by atoms with E-state index in [9.17, 15) is 14.4 Å².